The van der Waals surface area contributed by atoms with Crippen LogP contribution in [0.5, 0.6) is 0 Å². The van der Waals surface area contributed by atoms with Crippen LogP contribution in [0.3, 0.4) is 0 Å². The van der Waals surface area contributed by atoms with Crippen LogP contribution in [0.4, 0.5) is 0 Å². The Bertz CT molecular complexity index is 718. The Kier molecular flexibility index (Phi) is 4.24. The Morgan fingerprint density at radius 2 is 1.67 bits per heavy atom. The van der Waals surface area contributed by atoms with Crippen molar-refractivity contribution in [1.82, 2.24) is 30.0 Å². The smallest absolute Gasteiger partial charge is 0.165 e. The maximum absolute atomic E-state index is 8.86. The molecule has 2 heterocycles. The first-order valence-electron chi connectivity index (χ1n) is 8.52. The van der Waals surface area contributed by atoms with Crippen molar-refractivity contribution in [3.63, 3.8) is 0 Å². The van der Waals surface area contributed by atoms with Crippen LogP contribution >= 0.6 is 0 Å². The average molecular weight is 323 g/mol. The molecule has 0 N–H and O–H groups in total. The molecule has 1 aliphatic heterocycles. The Morgan fingerprint density at radius 1 is 1.00 bits per heavy atom. The van der Waals surface area contributed by atoms with Gasteiger partial charge in [0.15, 0.2) is 5.82 Å². The first kappa shape index (κ1) is 15.2. The van der Waals surface area contributed by atoms with Crippen molar-refractivity contribution >= 4 is 0 Å². The van der Waals surface area contributed by atoms with E-state index in [9.17, 15) is 0 Å². The van der Waals surface area contributed by atoms with E-state index in [-0.39, 0.29) is 0 Å². The molecule has 1 aromatic carbocycles. The summed E-state index contributed by atoms with van der Waals surface area (Å²) in [5, 5.41) is 21.0. The highest BCUT2D eigenvalue weighted by Gasteiger charge is 2.28. The maximum atomic E-state index is 8.86. The molecule has 124 valence electrons. The number of nitrogens with zero attached hydrogens (tertiary/aromatic N) is 7. The SMILES string of the molecule is N#Cc1ccc(CN2CCN(Cc3nnnn3C3CC3)CC2)cc1. The van der Waals surface area contributed by atoms with Crippen molar-refractivity contribution < 1.29 is 0 Å². The number of tetrazole rings is 1. The molecule has 1 saturated heterocycles. The molecule has 1 saturated carbocycles. The Balaban J connectivity index is 1.28. The first-order valence-corrected chi connectivity index (χ1v) is 8.52. The fourth-order valence-corrected chi connectivity index (χ4v) is 3.17. The molecule has 0 bridgehead atoms. The van der Waals surface area contributed by atoms with Crippen LogP contribution < -0.4 is 0 Å². The van der Waals surface area contributed by atoms with Gasteiger partial charge in [0.05, 0.1) is 24.2 Å². The number of aromatic nitrogens is 4. The van der Waals surface area contributed by atoms with Crippen LogP contribution in [0.25, 0.3) is 0 Å². The predicted molar refractivity (Wildman–Crippen MR) is 87.8 cm³/mol. The first-order chi connectivity index (χ1) is 11.8. The van der Waals surface area contributed by atoms with Crippen LogP contribution in [-0.4, -0.2) is 56.2 Å². The van der Waals surface area contributed by atoms with Crippen LogP contribution in [0.2, 0.25) is 0 Å². The molecule has 1 aliphatic carbocycles. The van der Waals surface area contributed by atoms with E-state index in [2.05, 4.69) is 43.5 Å². The topological polar surface area (TPSA) is 73.9 Å². The summed E-state index contributed by atoms with van der Waals surface area (Å²) in [5.41, 5.74) is 1.98. The highest BCUT2D eigenvalue weighted by molar-refractivity contribution is 5.31. The molecule has 0 spiro atoms. The summed E-state index contributed by atoms with van der Waals surface area (Å²) in [4.78, 5) is 4.89. The zero-order chi connectivity index (χ0) is 16.4. The van der Waals surface area contributed by atoms with Crippen LogP contribution in [0.15, 0.2) is 24.3 Å². The summed E-state index contributed by atoms with van der Waals surface area (Å²) in [6.45, 7) is 5.95. The fourth-order valence-electron chi connectivity index (χ4n) is 3.17. The normalized spacial score (nSPS) is 19.3. The zero-order valence-electron chi connectivity index (χ0n) is 13.7. The molecule has 24 heavy (non-hydrogen) atoms. The third-order valence-corrected chi connectivity index (χ3v) is 4.77. The molecule has 2 fully saturated rings. The average Bonchev–Trinajstić information content (AvgIpc) is 3.37. The Labute approximate surface area is 141 Å². The van der Waals surface area contributed by atoms with Gasteiger partial charge in [-0.05, 0) is 41.0 Å². The lowest BCUT2D eigenvalue weighted by molar-refractivity contribution is 0.118. The molecule has 4 rings (SSSR count). The molecule has 2 aliphatic rings. The van der Waals surface area contributed by atoms with Gasteiger partial charge in [-0.15, -0.1) is 5.10 Å². The monoisotopic (exact) mass is 323 g/mol. The molecule has 0 unspecified atom stereocenters. The van der Waals surface area contributed by atoms with Gasteiger partial charge in [0.25, 0.3) is 0 Å². The summed E-state index contributed by atoms with van der Waals surface area (Å²) in [6, 6.07) is 10.6. The van der Waals surface area contributed by atoms with E-state index in [1.807, 2.05) is 16.8 Å². The number of nitriles is 1. The minimum atomic E-state index is 0.535. The minimum Gasteiger partial charge on any atom is -0.297 e. The quantitative estimate of drug-likeness (QED) is 0.823. The zero-order valence-corrected chi connectivity index (χ0v) is 13.7. The standard InChI is InChI=1S/C17H21N7/c18-11-14-1-3-15(4-2-14)12-22-7-9-23(10-8-22)13-17-19-20-21-24(17)16-5-6-16/h1-4,16H,5-10,12-13H2. The van der Waals surface area contributed by atoms with Crippen molar-refractivity contribution in [1.29, 1.82) is 5.26 Å². The van der Waals surface area contributed by atoms with E-state index in [1.54, 1.807) is 0 Å². The highest BCUT2D eigenvalue weighted by atomic mass is 15.6. The van der Waals surface area contributed by atoms with Crippen LogP contribution in [0.1, 0.15) is 35.8 Å². The number of rotatable bonds is 5. The van der Waals surface area contributed by atoms with Gasteiger partial charge in [0.2, 0.25) is 0 Å². The van der Waals surface area contributed by atoms with Crippen LogP contribution in [-0.2, 0) is 13.1 Å². The second-order valence-corrected chi connectivity index (χ2v) is 6.63. The molecule has 0 amide bonds. The van der Waals surface area contributed by atoms with E-state index < -0.39 is 0 Å². The van der Waals surface area contributed by atoms with E-state index >= 15 is 0 Å². The number of piperazine rings is 1. The highest BCUT2D eigenvalue weighted by Crippen LogP contribution is 2.34. The summed E-state index contributed by atoms with van der Waals surface area (Å²) in [6.07, 6.45) is 2.41. The summed E-state index contributed by atoms with van der Waals surface area (Å²) < 4.78 is 2.00. The molecular formula is C17H21N7. The third-order valence-electron chi connectivity index (χ3n) is 4.77. The predicted octanol–water partition coefficient (Wildman–Crippen LogP) is 1.20. The molecule has 1 aromatic heterocycles. The van der Waals surface area contributed by atoms with Gasteiger partial charge in [-0.3, -0.25) is 9.80 Å². The maximum Gasteiger partial charge on any atom is 0.165 e. The van der Waals surface area contributed by atoms with Crippen molar-refractivity contribution in [3.8, 4) is 6.07 Å². The molecule has 7 heteroatoms. The minimum absolute atomic E-state index is 0.535. The summed E-state index contributed by atoms with van der Waals surface area (Å²) in [5.74, 6) is 0.998. The van der Waals surface area contributed by atoms with Gasteiger partial charge in [-0.2, -0.15) is 5.26 Å². The second-order valence-electron chi connectivity index (χ2n) is 6.63. The lowest BCUT2D eigenvalue weighted by atomic mass is 10.1. The molecule has 0 atom stereocenters. The largest absolute Gasteiger partial charge is 0.297 e. The number of hydrogen-bond donors (Lipinski definition) is 0. The van der Waals surface area contributed by atoms with Gasteiger partial charge >= 0.3 is 0 Å². The summed E-state index contributed by atoms with van der Waals surface area (Å²) in [7, 11) is 0. The van der Waals surface area contributed by atoms with Crippen molar-refractivity contribution in [2.75, 3.05) is 26.2 Å². The number of hydrogen-bond acceptors (Lipinski definition) is 6. The van der Waals surface area contributed by atoms with Gasteiger partial charge < -0.3 is 0 Å². The molecule has 0 radical (unpaired) electrons. The lowest BCUT2D eigenvalue weighted by Crippen LogP contribution is -2.45. The van der Waals surface area contributed by atoms with Gasteiger partial charge in [-0.25, -0.2) is 4.68 Å². The Morgan fingerprint density at radius 3 is 2.29 bits per heavy atom. The van der Waals surface area contributed by atoms with E-state index in [4.69, 9.17) is 5.26 Å². The van der Waals surface area contributed by atoms with Crippen molar-refractivity contribution in [2.24, 2.45) is 0 Å². The van der Waals surface area contributed by atoms with E-state index in [0.29, 0.717) is 6.04 Å². The van der Waals surface area contributed by atoms with Crippen molar-refractivity contribution in [2.45, 2.75) is 32.0 Å². The van der Waals surface area contributed by atoms with Crippen LogP contribution in [0, 0.1) is 11.3 Å². The fraction of sp³-hybridized carbons (Fsp3) is 0.529. The lowest BCUT2D eigenvalue weighted by Gasteiger charge is -2.34. The summed E-state index contributed by atoms with van der Waals surface area (Å²) >= 11 is 0. The van der Waals surface area contributed by atoms with Gasteiger partial charge in [-0.1, -0.05) is 12.1 Å². The van der Waals surface area contributed by atoms with E-state index in [1.165, 1.54) is 18.4 Å². The van der Waals surface area contributed by atoms with Crippen molar-refractivity contribution in [3.05, 3.63) is 41.2 Å². The van der Waals surface area contributed by atoms with Gasteiger partial charge in [0.1, 0.15) is 0 Å². The van der Waals surface area contributed by atoms with Gasteiger partial charge in [0, 0.05) is 32.7 Å². The molecule has 7 nitrogen and oxygen atoms in total. The third kappa shape index (κ3) is 3.45. The second kappa shape index (κ2) is 6.67. The van der Waals surface area contributed by atoms with E-state index in [0.717, 1.165) is 50.7 Å². The molecular weight excluding hydrogens is 302 g/mol. The molecule has 2 aromatic rings. The Hall–Kier alpha value is -2.30. The number of benzene rings is 1.